The minimum atomic E-state index is 0.657. The van der Waals surface area contributed by atoms with Crippen LogP contribution in [0.15, 0.2) is 97.1 Å². The zero-order valence-electron chi connectivity index (χ0n) is 22.8. The SMILES string of the molecule is c1ccc(-c2nc(-c3ccccc3)nc(-n3c4cc5c(cc4c4c6sc7cc8c(cc7c6ccc43)CC8)CC5)n2)cc1. The molecule has 3 aromatic heterocycles. The first-order valence-electron chi connectivity index (χ1n) is 14.6. The summed E-state index contributed by atoms with van der Waals surface area (Å²) in [6.45, 7) is 0. The minimum Gasteiger partial charge on any atom is -0.278 e. The van der Waals surface area contributed by atoms with Crippen molar-refractivity contribution in [2.75, 3.05) is 0 Å². The van der Waals surface area contributed by atoms with Gasteiger partial charge < -0.3 is 0 Å². The number of thiophene rings is 1. The lowest BCUT2D eigenvalue weighted by Crippen LogP contribution is -2.09. The Hall–Kier alpha value is -4.87. The monoisotopic (exact) mass is 556 g/mol. The highest BCUT2D eigenvalue weighted by atomic mass is 32.1. The van der Waals surface area contributed by atoms with Crippen molar-refractivity contribution in [1.82, 2.24) is 19.5 Å². The zero-order chi connectivity index (χ0) is 27.4. The van der Waals surface area contributed by atoms with Crippen molar-refractivity contribution < 1.29 is 0 Å². The number of benzene rings is 5. The number of hydrogen-bond donors (Lipinski definition) is 0. The van der Waals surface area contributed by atoms with Crippen molar-refractivity contribution in [2.24, 2.45) is 0 Å². The molecule has 10 rings (SSSR count). The number of fused-ring (bicyclic) bond motifs is 9. The van der Waals surface area contributed by atoms with E-state index in [-0.39, 0.29) is 0 Å². The summed E-state index contributed by atoms with van der Waals surface area (Å²) in [7, 11) is 0. The molecule has 5 aromatic carbocycles. The van der Waals surface area contributed by atoms with E-state index in [1.54, 1.807) is 0 Å². The van der Waals surface area contributed by atoms with Crippen LogP contribution in [0.3, 0.4) is 0 Å². The summed E-state index contributed by atoms with van der Waals surface area (Å²) < 4.78 is 5.03. The van der Waals surface area contributed by atoms with Crippen LogP contribution in [0, 0.1) is 0 Å². The zero-order valence-corrected chi connectivity index (χ0v) is 23.6. The van der Waals surface area contributed by atoms with E-state index in [0.29, 0.717) is 17.6 Å². The van der Waals surface area contributed by atoms with Gasteiger partial charge in [0, 0.05) is 42.1 Å². The lowest BCUT2D eigenvalue weighted by molar-refractivity contribution is 0.842. The quantitative estimate of drug-likeness (QED) is 0.218. The summed E-state index contributed by atoms with van der Waals surface area (Å²) in [6.07, 6.45) is 4.67. The van der Waals surface area contributed by atoms with Crippen molar-refractivity contribution in [3.8, 4) is 28.7 Å². The summed E-state index contributed by atoms with van der Waals surface area (Å²) >= 11 is 1.93. The second-order valence-electron chi connectivity index (χ2n) is 11.5. The molecule has 3 heterocycles. The van der Waals surface area contributed by atoms with E-state index in [4.69, 9.17) is 15.0 Å². The predicted octanol–water partition coefficient (Wildman–Crippen LogP) is 8.87. The Morgan fingerprint density at radius 3 is 1.76 bits per heavy atom. The Bertz CT molecular complexity index is 2340. The Labute approximate surface area is 245 Å². The normalized spacial score (nSPS) is 13.8. The minimum absolute atomic E-state index is 0.657. The van der Waals surface area contributed by atoms with Crippen LogP contribution in [0.4, 0.5) is 0 Å². The first-order valence-corrected chi connectivity index (χ1v) is 15.4. The second-order valence-corrected chi connectivity index (χ2v) is 12.6. The highest BCUT2D eigenvalue weighted by Gasteiger charge is 2.24. The molecule has 0 N–H and O–H groups in total. The molecule has 0 atom stereocenters. The van der Waals surface area contributed by atoms with Crippen molar-refractivity contribution in [3.63, 3.8) is 0 Å². The van der Waals surface area contributed by atoms with Gasteiger partial charge in [0.2, 0.25) is 5.95 Å². The number of aryl methyl sites for hydroxylation is 4. The molecule has 8 aromatic rings. The lowest BCUT2D eigenvalue weighted by Gasteiger charge is -2.19. The Kier molecular flexibility index (Phi) is 4.52. The molecular weight excluding hydrogens is 533 g/mol. The van der Waals surface area contributed by atoms with E-state index in [1.807, 2.05) is 47.7 Å². The maximum Gasteiger partial charge on any atom is 0.238 e. The summed E-state index contributed by atoms with van der Waals surface area (Å²) in [5, 5.41) is 5.34. The van der Waals surface area contributed by atoms with Gasteiger partial charge >= 0.3 is 0 Å². The van der Waals surface area contributed by atoms with Gasteiger partial charge in [-0.15, -0.1) is 11.3 Å². The molecule has 4 nitrogen and oxygen atoms in total. The fourth-order valence-corrected chi connectivity index (χ4v) is 8.13. The third-order valence-corrected chi connectivity index (χ3v) is 10.4. The predicted molar refractivity (Wildman–Crippen MR) is 173 cm³/mol. The molecule has 0 fully saturated rings. The van der Waals surface area contributed by atoms with Gasteiger partial charge in [0.25, 0.3) is 0 Å². The third-order valence-electron chi connectivity index (χ3n) is 9.22. The van der Waals surface area contributed by atoms with E-state index in [9.17, 15) is 0 Å². The summed E-state index contributed by atoms with van der Waals surface area (Å²) in [4.78, 5) is 15.2. The van der Waals surface area contributed by atoms with Crippen LogP contribution in [-0.2, 0) is 25.7 Å². The van der Waals surface area contributed by atoms with Crippen molar-refractivity contribution in [1.29, 1.82) is 0 Å². The van der Waals surface area contributed by atoms with Crippen LogP contribution in [-0.4, -0.2) is 19.5 Å². The van der Waals surface area contributed by atoms with Gasteiger partial charge in [-0.25, -0.2) is 4.98 Å². The third kappa shape index (κ3) is 3.14. The Balaban J connectivity index is 1.32. The van der Waals surface area contributed by atoms with E-state index in [2.05, 4.69) is 65.2 Å². The smallest absolute Gasteiger partial charge is 0.238 e. The topological polar surface area (TPSA) is 43.6 Å². The molecule has 0 saturated heterocycles. The summed E-state index contributed by atoms with van der Waals surface area (Å²) in [5.41, 5.74) is 10.2. The van der Waals surface area contributed by atoms with Gasteiger partial charge in [0.1, 0.15) is 0 Å². The second kappa shape index (κ2) is 8.34. The average molecular weight is 557 g/mol. The molecule has 0 bridgehead atoms. The summed E-state index contributed by atoms with van der Waals surface area (Å²) in [5.74, 6) is 2.02. The van der Waals surface area contributed by atoms with Crippen LogP contribution in [0.1, 0.15) is 22.3 Å². The molecule has 0 saturated carbocycles. The molecule has 0 spiro atoms. The van der Waals surface area contributed by atoms with Crippen LogP contribution < -0.4 is 0 Å². The highest BCUT2D eigenvalue weighted by Crippen LogP contribution is 2.46. The van der Waals surface area contributed by atoms with Gasteiger partial charge in [0.05, 0.1) is 11.0 Å². The van der Waals surface area contributed by atoms with Gasteiger partial charge in [-0.3, -0.25) is 4.57 Å². The summed E-state index contributed by atoms with van der Waals surface area (Å²) in [6, 6.07) is 34.7. The van der Waals surface area contributed by atoms with E-state index in [1.165, 1.54) is 71.6 Å². The van der Waals surface area contributed by atoms with Gasteiger partial charge in [-0.05, 0) is 78.3 Å². The maximum absolute atomic E-state index is 5.14. The molecular formula is C37H24N4S. The van der Waals surface area contributed by atoms with Gasteiger partial charge in [-0.1, -0.05) is 66.7 Å². The van der Waals surface area contributed by atoms with Crippen molar-refractivity contribution in [3.05, 3.63) is 119 Å². The first kappa shape index (κ1) is 22.8. The molecule has 0 amide bonds. The van der Waals surface area contributed by atoms with Gasteiger partial charge in [0.15, 0.2) is 11.6 Å². The van der Waals surface area contributed by atoms with Crippen LogP contribution in [0.25, 0.3) is 70.7 Å². The van der Waals surface area contributed by atoms with Crippen LogP contribution in [0.2, 0.25) is 0 Å². The molecule has 42 heavy (non-hydrogen) atoms. The number of rotatable bonds is 3. The van der Waals surface area contributed by atoms with Crippen molar-refractivity contribution in [2.45, 2.75) is 25.7 Å². The van der Waals surface area contributed by atoms with Crippen LogP contribution >= 0.6 is 11.3 Å². The highest BCUT2D eigenvalue weighted by molar-refractivity contribution is 7.26. The fraction of sp³-hybridized carbons (Fsp3) is 0.108. The van der Waals surface area contributed by atoms with Crippen molar-refractivity contribution >= 4 is 53.3 Å². The average Bonchev–Trinajstić information content (AvgIpc) is 3.54. The Morgan fingerprint density at radius 1 is 0.524 bits per heavy atom. The van der Waals surface area contributed by atoms with E-state index in [0.717, 1.165) is 29.5 Å². The first-order chi connectivity index (χ1) is 20.8. The standard InChI is InChI=1S/C37H24N4S/c1-3-7-21(8-4-1)35-38-36(22-9-5-2-6-10-22)40-37(39-35)41-30-16-15-27-28-17-23-12-14-26(23)20-32(28)42-34(27)33(30)29-18-24-11-13-25(24)19-31(29)41/h1-10,15-20H,11-14H2. The Morgan fingerprint density at radius 2 is 1.12 bits per heavy atom. The fourth-order valence-electron chi connectivity index (χ4n) is 6.83. The lowest BCUT2D eigenvalue weighted by atomic mass is 9.87. The molecule has 0 radical (unpaired) electrons. The molecule has 0 aliphatic heterocycles. The molecule has 0 unspecified atom stereocenters. The molecule has 5 heteroatoms. The largest absolute Gasteiger partial charge is 0.278 e. The number of nitrogens with zero attached hydrogens (tertiary/aromatic N) is 4. The van der Waals surface area contributed by atoms with Gasteiger partial charge in [-0.2, -0.15) is 9.97 Å². The van der Waals surface area contributed by atoms with Crippen LogP contribution in [0.5, 0.6) is 0 Å². The van der Waals surface area contributed by atoms with E-state index >= 15 is 0 Å². The molecule has 2 aliphatic carbocycles. The molecule has 198 valence electrons. The van der Waals surface area contributed by atoms with E-state index < -0.39 is 0 Å². The number of aromatic nitrogens is 4. The molecule has 2 aliphatic rings. The number of hydrogen-bond acceptors (Lipinski definition) is 4. The maximum atomic E-state index is 5.14.